The Morgan fingerprint density at radius 1 is 1.42 bits per heavy atom. The second-order valence-electron chi connectivity index (χ2n) is 6.65. The highest BCUT2D eigenvalue weighted by molar-refractivity contribution is 5.91. The molecular formula is C17H19N5O4. The molecule has 0 saturated carbocycles. The molecule has 2 amide bonds. The molecule has 0 spiro atoms. The van der Waals surface area contributed by atoms with Crippen LogP contribution in [-0.4, -0.2) is 32.6 Å². The Hall–Kier alpha value is -3.10. The van der Waals surface area contributed by atoms with Crippen LogP contribution in [0, 0.1) is 0 Å². The summed E-state index contributed by atoms with van der Waals surface area (Å²) < 4.78 is 10.4. The van der Waals surface area contributed by atoms with Crippen LogP contribution in [-0.2, 0) is 0 Å². The zero-order valence-electron chi connectivity index (χ0n) is 14.5. The molecule has 0 aliphatic carbocycles. The summed E-state index contributed by atoms with van der Waals surface area (Å²) in [6.45, 7) is 4.59. The molecule has 4 rings (SSSR count). The van der Waals surface area contributed by atoms with E-state index in [-0.39, 0.29) is 18.0 Å². The first-order chi connectivity index (χ1) is 12.5. The van der Waals surface area contributed by atoms with E-state index in [0.29, 0.717) is 35.0 Å². The maximum absolute atomic E-state index is 12.7. The van der Waals surface area contributed by atoms with Crippen LogP contribution in [0.25, 0.3) is 11.1 Å². The van der Waals surface area contributed by atoms with Crippen molar-refractivity contribution in [3.8, 4) is 0 Å². The summed E-state index contributed by atoms with van der Waals surface area (Å²) in [6.07, 6.45) is 1.64. The number of nitrogens with one attached hydrogen (secondary N) is 2. The number of anilines is 1. The third kappa shape index (κ3) is 2.96. The predicted octanol–water partition coefficient (Wildman–Crippen LogP) is 3.00. The van der Waals surface area contributed by atoms with Crippen molar-refractivity contribution in [3.63, 3.8) is 0 Å². The van der Waals surface area contributed by atoms with Gasteiger partial charge >= 0.3 is 11.8 Å². The molecule has 9 heteroatoms. The fraction of sp³-hybridized carbons (Fsp3) is 0.412. The summed E-state index contributed by atoms with van der Waals surface area (Å²) in [6, 6.07) is 4.52. The smallest absolute Gasteiger partial charge is 0.408 e. The van der Waals surface area contributed by atoms with Gasteiger partial charge in [-0.05, 0) is 25.0 Å². The number of rotatable bonds is 3. The number of carbonyl (C=O) groups excluding carboxylic acids is 1. The quantitative estimate of drug-likeness (QED) is 0.744. The van der Waals surface area contributed by atoms with Crippen LogP contribution in [0.2, 0.25) is 0 Å². The summed E-state index contributed by atoms with van der Waals surface area (Å²) in [5.74, 6) is 0.743. The van der Waals surface area contributed by atoms with Gasteiger partial charge in [-0.1, -0.05) is 19.0 Å². The van der Waals surface area contributed by atoms with Crippen molar-refractivity contribution in [2.75, 3.05) is 11.9 Å². The summed E-state index contributed by atoms with van der Waals surface area (Å²) >= 11 is 0. The van der Waals surface area contributed by atoms with E-state index < -0.39 is 5.76 Å². The average molecular weight is 357 g/mol. The van der Waals surface area contributed by atoms with Crippen LogP contribution in [0.15, 0.2) is 31.9 Å². The van der Waals surface area contributed by atoms with Gasteiger partial charge in [-0.3, -0.25) is 4.98 Å². The summed E-state index contributed by atoms with van der Waals surface area (Å²) in [5, 5.41) is 6.82. The average Bonchev–Trinajstić information content (AvgIpc) is 3.32. The summed E-state index contributed by atoms with van der Waals surface area (Å²) in [4.78, 5) is 32.6. The first-order valence-electron chi connectivity index (χ1n) is 8.55. The molecule has 0 radical (unpaired) electrons. The number of nitrogens with zero attached hydrogens (tertiary/aromatic N) is 3. The van der Waals surface area contributed by atoms with E-state index in [1.165, 1.54) is 0 Å². The van der Waals surface area contributed by atoms with E-state index in [4.69, 9.17) is 8.94 Å². The van der Waals surface area contributed by atoms with Crippen LogP contribution >= 0.6 is 0 Å². The fourth-order valence-corrected chi connectivity index (χ4v) is 3.10. The van der Waals surface area contributed by atoms with E-state index in [1.54, 1.807) is 23.1 Å². The van der Waals surface area contributed by atoms with Gasteiger partial charge in [-0.25, -0.2) is 9.59 Å². The Balaban J connectivity index is 1.52. The zero-order chi connectivity index (χ0) is 18.3. The molecule has 1 fully saturated rings. The molecule has 1 aliphatic heterocycles. The molecule has 136 valence electrons. The van der Waals surface area contributed by atoms with Gasteiger partial charge in [0.25, 0.3) is 0 Å². The molecule has 1 aromatic carbocycles. The first-order valence-corrected chi connectivity index (χ1v) is 8.55. The number of urea groups is 1. The van der Waals surface area contributed by atoms with Crippen molar-refractivity contribution in [1.29, 1.82) is 0 Å². The molecule has 1 saturated heterocycles. The van der Waals surface area contributed by atoms with Crippen molar-refractivity contribution in [3.05, 3.63) is 40.5 Å². The van der Waals surface area contributed by atoms with Gasteiger partial charge in [0, 0.05) is 24.2 Å². The Morgan fingerprint density at radius 2 is 2.27 bits per heavy atom. The summed E-state index contributed by atoms with van der Waals surface area (Å²) in [5.41, 5.74) is 1.52. The molecule has 0 unspecified atom stereocenters. The topological polar surface area (TPSA) is 117 Å². The van der Waals surface area contributed by atoms with Crippen molar-refractivity contribution in [1.82, 2.24) is 20.0 Å². The number of amides is 2. The minimum absolute atomic E-state index is 0.166. The number of fused-ring (bicyclic) bond motifs is 1. The molecule has 9 nitrogen and oxygen atoms in total. The molecule has 3 aromatic rings. The lowest BCUT2D eigenvalue weighted by molar-refractivity contribution is 0.193. The first kappa shape index (κ1) is 16.4. The van der Waals surface area contributed by atoms with Gasteiger partial charge < -0.3 is 19.2 Å². The lowest BCUT2D eigenvalue weighted by Gasteiger charge is -2.22. The van der Waals surface area contributed by atoms with Crippen molar-refractivity contribution >= 4 is 22.8 Å². The van der Waals surface area contributed by atoms with E-state index >= 15 is 0 Å². The van der Waals surface area contributed by atoms with E-state index in [0.717, 1.165) is 12.8 Å². The summed E-state index contributed by atoms with van der Waals surface area (Å²) in [7, 11) is 0. The number of H-pyrrole nitrogens is 1. The molecule has 3 heterocycles. The van der Waals surface area contributed by atoms with Crippen LogP contribution in [0.1, 0.15) is 50.4 Å². The number of hydrogen-bond acceptors (Lipinski definition) is 6. The number of aromatic amines is 1. The standard InChI is InChI=1S/C17H19N5O4/c1-9(2)14-20-15(26-21-14)12-4-3-7-22(12)16(23)18-10-5-6-11-13(8-10)25-17(24)19-11/h5-6,8-9,12H,3-4,7H2,1-2H3,(H,18,23)(H,19,24)/t12-/m0/s1. The number of likely N-dealkylation sites (tertiary alicyclic amines) is 1. The van der Waals surface area contributed by atoms with Gasteiger partial charge in [0.1, 0.15) is 6.04 Å². The number of hydrogen-bond donors (Lipinski definition) is 2. The normalized spacial score (nSPS) is 17.3. The Morgan fingerprint density at radius 3 is 3.04 bits per heavy atom. The fourth-order valence-electron chi connectivity index (χ4n) is 3.10. The lowest BCUT2D eigenvalue weighted by Crippen LogP contribution is -2.34. The van der Waals surface area contributed by atoms with E-state index in [9.17, 15) is 9.59 Å². The molecule has 1 aliphatic rings. The third-order valence-electron chi connectivity index (χ3n) is 4.44. The number of benzene rings is 1. The predicted molar refractivity (Wildman–Crippen MR) is 92.9 cm³/mol. The zero-order valence-corrected chi connectivity index (χ0v) is 14.5. The minimum Gasteiger partial charge on any atom is -0.408 e. The van der Waals surface area contributed by atoms with Crippen LogP contribution in [0.4, 0.5) is 10.5 Å². The molecule has 26 heavy (non-hydrogen) atoms. The van der Waals surface area contributed by atoms with E-state index in [2.05, 4.69) is 20.4 Å². The maximum atomic E-state index is 12.7. The van der Waals surface area contributed by atoms with Gasteiger partial charge in [-0.2, -0.15) is 4.98 Å². The lowest BCUT2D eigenvalue weighted by atomic mass is 10.2. The highest BCUT2D eigenvalue weighted by atomic mass is 16.5. The largest absolute Gasteiger partial charge is 0.417 e. The Kier molecular flexibility index (Phi) is 3.98. The van der Waals surface area contributed by atoms with Crippen molar-refractivity contribution in [2.24, 2.45) is 0 Å². The number of aromatic nitrogens is 3. The second kappa shape index (κ2) is 6.32. The van der Waals surface area contributed by atoms with Crippen LogP contribution in [0.3, 0.4) is 0 Å². The monoisotopic (exact) mass is 357 g/mol. The van der Waals surface area contributed by atoms with Crippen LogP contribution < -0.4 is 11.1 Å². The van der Waals surface area contributed by atoms with Crippen LogP contribution in [0.5, 0.6) is 0 Å². The molecule has 2 aromatic heterocycles. The van der Waals surface area contributed by atoms with Gasteiger partial charge in [-0.15, -0.1) is 0 Å². The number of carbonyl (C=O) groups is 1. The van der Waals surface area contributed by atoms with E-state index in [1.807, 2.05) is 13.8 Å². The SMILES string of the molecule is CC(C)c1noc([C@@H]2CCCN2C(=O)Nc2ccc3[nH]c(=O)oc3c2)n1. The third-order valence-corrected chi connectivity index (χ3v) is 4.44. The maximum Gasteiger partial charge on any atom is 0.417 e. The second-order valence-corrected chi connectivity index (χ2v) is 6.65. The molecule has 1 atom stereocenters. The number of oxazole rings is 1. The highest BCUT2D eigenvalue weighted by Gasteiger charge is 2.34. The Labute approximate surface area is 148 Å². The molecule has 2 N–H and O–H groups in total. The highest BCUT2D eigenvalue weighted by Crippen LogP contribution is 2.32. The molecular weight excluding hydrogens is 338 g/mol. The molecule has 0 bridgehead atoms. The van der Waals surface area contributed by atoms with Gasteiger partial charge in [0.05, 0.1) is 5.52 Å². The van der Waals surface area contributed by atoms with Gasteiger partial charge in [0.2, 0.25) is 5.89 Å². The Bertz CT molecular complexity index is 1000. The minimum atomic E-state index is -0.527. The van der Waals surface area contributed by atoms with Crippen molar-refractivity contribution in [2.45, 2.75) is 38.6 Å². The van der Waals surface area contributed by atoms with Gasteiger partial charge in [0.15, 0.2) is 11.4 Å². The van der Waals surface area contributed by atoms with Crippen molar-refractivity contribution < 1.29 is 13.7 Å².